The van der Waals surface area contributed by atoms with Crippen LogP contribution in [-0.2, 0) is 15.6 Å². The summed E-state index contributed by atoms with van der Waals surface area (Å²) in [5.74, 6) is -0.216. The van der Waals surface area contributed by atoms with Gasteiger partial charge < -0.3 is 5.11 Å². The zero-order valence-electron chi connectivity index (χ0n) is 8.80. The second-order valence-electron chi connectivity index (χ2n) is 3.83. The average Bonchev–Trinajstić information content (AvgIpc) is 2.64. The van der Waals surface area contributed by atoms with E-state index in [9.17, 15) is 9.00 Å². The van der Waals surface area contributed by atoms with E-state index in [1.165, 1.54) is 4.88 Å². The van der Waals surface area contributed by atoms with Crippen LogP contribution in [0.2, 0.25) is 0 Å². The van der Waals surface area contributed by atoms with Gasteiger partial charge in [-0.25, -0.2) is 0 Å². The number of rotatable bonds is 2. The van der Waals surface area contributed by atoms with Crippen LogP contribution in [0.15, 0.2) is 12.1 Å². The maximum atomic E-state index is 11.6. The van der Waals surface area contributed by atoms with E-state index in [0.29, 0.717) is 5.75 Å². The van der Waals surface area contributed by atoms with E-state index in [2.05, 4.69) is 5.32 Å². The summed E-state index contributed by atoms with van der Waals surface area (Å²) in [7, 11) is -1.05. The molecule has 2 rings (SSSR count). The summed E-state index contributed by atoms with van der Waals surface area (Å²) in [4.78, 5) is 13.1. The molecule has 0 saturated carbocycles. The molecule has 2 N–H and O–H groups in total. The first-order valence-electron chi connectivity index (χ1n) is 4.96. The highest BCUT2D eigenvalue weighted by Gasteiger charge is 2.31. The molecule has 0 aromatic carbocycles. The van der Waals surface area contributed by atoms with Gasteiger partial charge in [-0.3, -0.25) is 14.3 Å². The zero-order valence-corrected chi connectivity index (χ0v) is 10.4. The lowest BCUT2D eigenvalue weighted by atomic mass is 10.2. The molecule has 2 heterocycles. The average molecular weight is 259 g/mol. The second kappa shape index (κ2) is 4.65. The highest BCUT2D eigenvalue weighted by molar-refractivity contribution is 7.85. The van der Waals surface area contributed by atoms with Crippen LogP contribution in [0, 0.1) is 6.92 Å². The first kappa shape index (κ1) is 11.8. The van der Waals surface area contributed by atoms with Gasteiger partial charge in [-0.05, 0) is 19.1 Å². The van der Waals surface area contributed by atoms with Crippen LogP contribution < -0.4 is 5.32 Å². The van der Waals surface area contributed by atoms with Crippen molar-refractivity contribution in [2.24, 2.45) is 0 Å². The molecule has 1 saturated heterocycles. The Balaban J connectivity index is 2.16. The molecule has 0 spiro atoms. The van der Waals surface area contributed by atoms with Crippen molar-refractivity contribution in [2.45, 2.75) is 19.0 Å². The van der Waals surface area contributed by atoms with E-state index in [-0.39, 0.29) is 11.8 Å². The zero-order chi connectivity index (χ0) is 11.7. The van der Waals surface area contributed by atoms with Crippen LogP contribution in [-0.4, -0.2) is 32.8 Å². The Morgan fingerprint density at radius 1 is 1.56 bits per heavy atom. The number of carboxylic acid groups (broad SMARTS) is 1. The molecule has 88 valence electrons. The number of carbonyl (C=O) groups is 1. The summed E-state index contributed by atoms with van der Waals surface area (Å²) in [6.45, 7) is 2.00. The third kappa shape index (κ3) is 2.50. The van der Waals surface area contributed by atoms with Crippen LogP contribution in [0.1, 0.15) is 15.8 Å². The van der Waals surface area contributed by atoms with Crippen LogP contribution in [0.3, 0.4) is 0 Å². The van der Waals surface area contributed by atoms with Crippen molar-refractivity contribution in [1.29, 1.82) is 0 Å². The van der Waals surface area contributed by atoms with Gasteiger partial charge >= 0.3 is 5.97 Å². The fourth-order valence-corrected chi connectivity index (χ4v) is 4.16. The van der Waals surface area contributed by atoms with Gasteiger partial charge in [0.1, 0.15) is 6.04 Å². The number of hydrogen-bond acceptors (Lipinski definition) is 4. The smallest absolute Gasteiger partial charge is 0.321 e. The Kier molecular flexibility index (Phi) is 3.41. The van der Waals surface area contributed by atoms with Crippen LogP contribution in [0.5, 0.6) is 0 Å². The first-order valence-corrected chi connectivity index (χ1v) is 7.27. The Bertz CT molecular complexity index is 429. The minimum absolute atomic E-state index is 0.0885. The quantitative estimate of drug-likeness (QED) is 0.828. The molecule has 1 aromatic heterocycles. The van der Waals surface area contributed by atoms with Crippen molar-refractivity contribution in [3.8, 4) is 0 Å². The number of nitrogens with one attached hydrogen (secondary N) is 1. The third-order valence-corrected chi connectivity index (χ3v) is 5.03. The standard InChI is InChI=1S/C10H13NO3S2/c1-6-2-3-9(15-6)7-4-16(14)5-8(11-7)10(12)13/h2-3,7-8,11H,4-5H2,1H3,(H,12,13)/t7-,8+,16+/m0/s1. The minimum Gasteiger partial charge on any atom is -0.480 e. The summed E-state index contributed by atoms with van der Waals surface area (Å²) in [6, 6.07) is 3.19. The summed E-state index contributed by atoms with van der Waals surface area (Å²) >= 11 is 1.62. The number of hydrogen-bond donors (Lipinski definition) is 2. The number of thiophene rings is 1. The highest BCUT2D eigenvalue weighted by atomic mass is 32.2. The molecular formula is C10H13NO3S2. The van der Waals surface area contributed by atoms with Gasteiger partial charge in [0.15, 0.2) is 0 Å². The van der Waals surface area contributed by atoms with E-state index in [1.54, 1.807) is 11.3 Å². The Hall–Kier alpha value is -0.720. The predicted octanol–water partition coefficient (Wildman–Crippen LogP) is 0.903. The third-order valence-electron chi connectivity index (χ3n) is 2.51. The van der Waals surface area contributed by atoms with Gasteiger partial charge in [0.05, 0.1) is 6.04 Å². The van der Waals surface area contributed by atoms with Crippen LogP contribution in [0.4, 0.5) is 0 Å². The van der Waals surface area contributed by atoms with Gasteiger partial charge in [-0.15, -0.1) is 11.3 Å². The maximum Gasteiger partial charge on any atom is 0.321 e. The topological polar surface area (TPSA) is 66.4 Å². The maximum absolute atomic E-state index is 11.6. The highest BCUT2D eigenvalue weighted by Crippen LogP contribution is 2.26. The molecule has 3 atom stereocenters. The van der Waals surface area contributed by atoms with E-state index >= 15 is 0 Å². The van der Waals surface area contributed by atoms with E-state index in [0.717, 1.165) is 4.88 Å². The van der Waals surface area contributed by atoms with Gasteiger partial charge in [-0.1, -0.05) is 0 Å². The number of aryl methyl sites for hydroxylation is 1. The molecular weight excluding hydrogens is 246 g/mol. The van der Waals surface area contributed by atoms with Gasteiger partial charge in [-0.2, -0.15) is 0 Å². The van der Waals surface area contributed by atoms with Crippen LogP contribution in [0.25, 0.3) is 0 Å². The molecule has 0 aliphatic carbocycles. The van der Waals surface area contributed by atoms with E-state index < -0.39 is 22.8 Å². The van der Waals surface area contributed by atoms with E-state index in [1.807, 2.05) is 19.1 Å². The summed E-state index contributed by atoms with van der Waals surface area (Å²) in [6.07, 6.45) is 0. The van der Waals surface area contributed by atoms with Crippen molar-refractivity contribution in [3.63, 3.8) is 0 Å². The molecule has 1 aliphatic heterocycles. The number of carboxylic acids is 1. The van der Waals surface area contributed by atoms with Crippen LogP contribution >= 0.6 is 11.3 Å². The Labute approximate surface area is 100 Å². The Morgan fingerprint density at radius 3 is 2.88 bits per heavy atom. The fourth-order valence-electron chi connectivity index (χ4n) is 1.73. The molecule has 6 heteroatoms. The molecule has 0 bridgehead atoms. The summed E-state index contributed by atoms with van der Waals surface area (Å²) in [5, 5.41) is 12.0. The second-order valence-corrected chi connectivity index (χ2v) is 6.70. The number of aliphatic carboxylic acids is 1. The van der Waals surface area contributed by atoms with Gasteiger partial charge in [0.2, 0.25) is 0 Å². The predicted molar refractivity (Wildman–Crippen MR) is 64.2 cm³/mol. The van der Waals surface area contributed by atoms with Crippen molar-refractivity contribution in [3.05, 3.63) is 21.9 Å². The lowest BCUT2D eigenvalue weighted by molar-refractivity contribution is -0.139. The summed E-state index contributed by atoms with van der Waals surface area (Å²) in [5.41, 5.74) is 0. The normalized spacial score (nSPS) is 30.2. The lowest BCUT2D eigenvalue weighted by Gasteiger charge is -2.27. The van der Waals surface area contributed by atoms with Gasteiger partial charge in [0, 0.05) is 32.1 Å². The lowest BCUT2D eigenvalue weighted by Crippen LogP contribution is -2.49. The molecule has 1 aromatic rings. The largest absolute Gasteiger partial charge is 0.480 e. The minimum atomic E-state index is -1.05. The van der Waals surface area contributed by atoms with Gasteiger partial charge in [0.25, 0.3) is 0 Å². The van der Waals surface area contributed by atoms with Crippen molar-refractivity contribution in [1.82, 2.24) is 5.32 Å². The molecule has 0 radical (unpaired) electrons. The van der Waals surface area contributed by atoms with Crippen molar-refractivity contribution < 1.29 is 14.1 Å². The molecule has 0 amide bonds. The molecule has 4 nitrogen and oxygen atoms in total. The molecule has 0 unspecified atom stereocenters. The SMILES string of the molecule is Cc1ccc([C@@H]2C[S@@](=O)C[C@H](C(=O)O)N2)s1. The molecule has 1 fully saturated rings. The van der Waals surface area contributed by atoms with E-state index in [4.69, 9.17) is 5.11 Å². The fraction of sp³-hybridized carbons (Fsp3) is 0.500. The monoisotopic (exact) mass is 259 g/mol. The van der Waals surface area contributed by atoms with Crippen molar-refractivity contribution >= 4 is 28.1 Å². The van der Waals surface area contributed by atoms with Crippen molar-refractivity contribution in [2.75, 3.05) is 11.5 Å². The first-order chi connectivity index (χ1) is 7.56. The molecule has 1 aliphatic rings. The molecule has 16 heavy (non-hydrogen) atoms. The summed E-state index contributed by atoms with van der Waals surface area (Å²) < 4.78 is 11.6. The Morgan fingerprint density at radius 2 is 2.31 bits per heavy atom.